The number of nitrogens with one attached hydrogen (secondary N) is 1. The highest BCUT2D eigenvalue weighted by Gasteiger charge is 2.45. The van der Waals surface area contributed by atoms with Crippen molar-refractivity contribution in [3.63, 3.8) is 0 Å². The second-order valence-corrected chi connectivity index (χ2v) is 4.69. The summed E-state index contributed by atoms with van der Waals surface area (Å²) in [6, 6.07) is -0.280. The summed E-state index contributed by atoms with van der Waals surface area (Å²) < 4.78 is 5.24. The normalized spacial score (nSPS) is 27.9. The van der Waals surface area contributed by atoms with E-state index < -0.39 is 5.41 Å². The first-order valence-electron chi connectivity index (χ1n) is 5.71. The molecule has 6 nitrogen and oxygen atoms in total. The van der Waals surface area contributed by atoms with Crippen LogP contribution in [0.25, 0.3) is 0 Å². The number of hydrogen-bond donors (Lipinski definition) is 2. The van der Waals surface area contributed by atoms with Gasteiger partial charge in [0.25, 0.3) is 0 Å². The maximum atomic E-state index is 12.2. The molecule has 0 aliphatic carbocycles. The molecule has 2 unspecified atom stereocenters. The van der Waals surface area contributed by atoms with E-state index in [9.17, 15) is 9.59 Å². The van der Waals surface area contributed by atoms with E-state index in [2.05, 4.69) is 5.32 Å². The van der Waals surface area contributed by atoms with Gasteiger partial charge >= 0.3 is 0 Å². The topological polar surface area (TPSA) is 84.7 Å². The highest BCUT2D eigenvalue weighted by atomic mass is 16.5. The molecule has 0 aromatic heterocycles. The first-order valence-corrected chi connectivity index (χ1v) is 5.71. The van der Waals surface area contributed by atoms with Gasteiger partial charge < -0.3 is 20.7 Å². The molecule has 2 amide bonds. The maximum absolute atomic E-state index is 12.2. The number of nitrogens with zero attached hydrogens (tertiary/aromatic N) is 1. The molecule has 0 saturated carbocycles. The quantitative estimate of drug-likeness (QED) is 0.659. The Morgan fingerprint density at radius 2 is 2.24 bits per heavy atom. The first-order chi connectivity index (χ1) is 7.91. The van der Waals surface area contributed by atoms with E-state index in [1.165, 1.54) is 0 Å². The Morgan fingerprint density at radius 1 is 1.59 bits per heavy atom. The molecule has 1 aliphatic rings. The van der Waals surface area contributed by atoms with Crippen LogP contribution in [0.1, 0.15) is 13.3 Å². The first kappa shape index (κ1) is 13.9. The summed E-state index contributed by atoms with van der Waals surface area (Å²) in [5.41, 5.74) is 5.21. The molecule has 0 bridgehead atoms. The van der Waals surface area contributed by atoms with Crippen molar-refractivity contribution >= 4 is 11.8 Å². The predicted octanol–water partition coefficient (Wildman–Crippen LogP) is -1.06. The van der Waals surface area contributed by atoms with E-state index in [-0.39, 0.29) is 17.9 Å². The third kappa shape index (κ3) is 2.95. The average molecular weight is 243 g/mol. The van der Waals surface area contributed by atoms with E-state index in [0.29, 0.717) is 26.2 Å². The maximum Gasteiger partial charge on any atom is 0.232 e. The molecule has 1 heterocycles. The van der Waals surface area contributed by atoms with Gasteiger partial charge in [0.05, 0.1) is 18.6 Å². The van der Waals surface area contributed by atoms with Gasteiger partial charge in [-0.05, 0) is 6.92 Å². The van der Waals surface area contributed by atoms with E-state index in [1.54, 1.807) is 19.0 Å². The Labute approximate surface area is 101 Å². The van der Waals surface area contributed by atoms with Gasteiger partial charge in [-0.15, -0.1) is 0 Å². The lowest BCUT2D eigenvalue weighted by Gasteiger charge is -2.30. The van der Waals surface area contributed by atoms with Crippen molar-refractivity contribution in [1.82, 2.24) is 10.2 Å². The number of amides is 2. The largest absolute Gasteiger partial charge is 0.379 e. The third-order valence-corrected chi connectivity index (χ3v) is 3.31. The molecule has 0 aromatic rings. The van der Waals surface area contributed by atoms with Gasteiger partial charge in [-0.3, -0.25) is 9.59 Å². The Kier molecular flexibility index (Phi) is 4.47. The van der Waals surface area contributed by atoms with Gasteiger partial charge in [0.2, 0.25) is 11.8 Å². The Bertz CT molecular complexity index is 308. The molecule has 1 aliphatic heterocycles. The van der Waals surface area contributed by atoms with Crippen molar-refractivity contribution in [3.05, 3.63) is 0 Å². The van der Waals surface area contributed by atoms with Crippen molar-refractivity contribution in [1.29, 1.82) is 0 Å². The summed E-state index contributed by atoms with van der Waals surface area (Å²) in [6.45, 7) is 2.95. The number of carbonyl (C=O) groups is 2. The zero-order valence-corrected chi connectivity index (χ0v) is 10.7. The third-order valence-electron chi connectivity index (χ3n) is 3.31. The minimum Gasteiger partial charge on any atom is -0.379 e. The second-order valence-electron chi connectivity index (χ2n) is 4.69. The van der Waals surface area contributed by atoms with Gasteiger partial charge in [-0.25, -0.2) is 0 Å². The monoisotopic (exact) mass is 243 g/mol. The van der Waals surface area contributed by atoms with Gasteiger partial charge in [0, 0.05) is 33.1 Å². The zero-order valence-electron chi connectivity index (χ0n) is 10.7. The molecule has 2 atom stereocenters. The lowest BCUT2D eigenvalue weighted by atomic mass is 9.84. The van der Waals surface area contributed by atoms with Crippen molar-refractivity contribution < 1.29 is 14.3 Å². The van der Waals surface area contributed by atoms with Crippen molar-refractivity contribution in [2.75, 3.05) is 33.9 Å². The van der Waals surface area contributed by atoms with Gasteiger partial charge in [-0.1, -0.05) is 0 Å². The van der Waals surface area contributed by atoms with E-state index in [1.807, 2.05) is 6.92 Å². The molecule has 1 saturated heterocycles. The highest BCUT2D eigenvalue weighted by Crippen LogP contribution is 2.29. The molecule has 1 rings (SSSR count). The second kappa shape index (κ2) is 5.46. The van der Waals surface area contributed by atoms with Crippen LogP contribution in [-0.4, -0.2) is 56.6 Å². The molecule has 1 fully saturated rings. The van der Waals surface area contributed by atoms with Gasteiger partial charge in [0.15, 0.2) is 0 Å². The average Bonchev–Trinajstić information content (AvgIpc) is 2.66. The van der Waals surface area contributed by atoms with Crippen LogP contribution in [-0.2, 0) is 14.3 Å². The number of nitrogens with two attached hydrogens (primary N) is 1. The molecule has 17 heavy (non-hydrogen) atoms. The van der Waals surface area contributed by atoms with Crippen molar-refractivity contribution in [2.24, 2.45) is 11.1 Å². The van der Waals surface area contributed by atoms with Crippen LogP contribution in [0.15, 0.2) is 0 Å². The molecule has 0 aromatic carbocycles. The zero-order chi connectivity index (χ0) is 13.1. The van der Waals surface area contributed by atoms with E-state index in [0.717, 1.165) is 0 Å². The molecule has 98 valence electrons. The SMILES string of the molecule is CNC(=O)CCN(C)C(=O)C1(C)COCC1N. The van der Waals surface area contributed by atoms with Crippen LogP contribution in [0, 0.1) is 5.41 Å². The fourth-order valence-corrected chi connectivity index (χ4v) is 1.84. The fourth-order valence-electron chi connectivity index (χ4n) is 1.84. The van der Waals surface area contributed by atoms with Crippen LogP contribution < -0.4 is 11.1 Å². The van der Waals surface area contributed by atoms with Crippen molar-refractivity contribution in [2.45, 2.75) is 19.4 Å². The number of rotatable bonds is 4. The molecule has 0 spiro atoms. The summed E-state index contributed by atoms with van der Waals surface area (Å²) in [5, 5.41) is 2.52. The molecular weight excluding hydrogens is 222 g/mol. The minimum atomic E-state index is -0.669. The molecular formula is C11H21N3O3. The summed E-state index contributed by atoms with van der Waals surface area (Å²) in [5.74, 6) is -0.145. The van der Waals surface area contributed by atoms with Crippen LogP contribution >= 0.6 is 0 Å². The van der Waals surface area contributed by atoms with E-state index in [4.69, 9.17) is 10.5 Å². The predicted molar refractivity (Wildman–Crippen MR) is 63.2 cm³/mol. The van der Waals surface area contributed by atoms with Crippen LogP contribution in [0.5, 0.6) is 0 Å². The fraction of sp³-hybridized carbons (Fsp3) is 0.818. The van der Waals surface area contributed by atoms with Gasteiger partial charge in [-0.2, -0.15) is 0 Å². The highest BCUT2D eigenvalue weighted by molar-refractivity contribution is 5.84. The van der Waals surface area contributed by atoms with Crippen LogP contribution in [0.2, 0.25) is 0 Å². The summed E-state index contributed by atoms with van der Waals surface area (Å²) in [4.78, 5) is 24.9. The standard InChI is InChI=1S/C11H21N3O3/c1-11(7-17-6-8(11)12)10(16)14(3)5-4-9(15)13-2/h8H,4-7,12H2,1-3H3,(H,13,15). The minimum absolute atomic E-state index is 0.0635. The summed E-state index contributed by atoms with van der Waals surface area (Å²) in [6.07, 6.45) is 0.297. The number of carbonyl (C=O) groups excluding carboxylic acids is 2. The molecule has 6 heteroatoms. The van der Waals surface area contributed by atoms with Gasteiger partial charge in [0.1, 0.15) is 0 Å². The van der Waals surface area contributed by atoms with Crippen LogP contribution in [0.4, 0.5) is 0 Å². The Balaban J connectivity index is 2.54. The smallest absolute Gasteiger partial charge is 0.232 e. The number of hydrogen-bond acceptors (Lipinski definition) is 4. The molecule has 3 N–H and O–H groups in total. The summed E-state index contributed by atoms with van der Waals surface area (Å²) >= 11 is 0. The lowest BCUT2D eigenvalue weighted by molar-refractivity contribution is -0.140. The Morgan fingerprint density at radius 3 is 2.71 bits per heavy atom. The van der Waals surface area contributed by atoms with E-state index >= 15 is 0 Å². The summed E-state index contributed by atoms with van der Waals surface area (Å²) in [7, 11) is 3.26. The van der Waals surface area contributed by atoms with Crippen LogP contribution in [0.3, 0.4) is 0 Å². The Hall–Kier alpha value is -1.14. The van der Waals surface area contributed by atoms with Crippen molar-refractivity contribution in [3.8, 4) is 0 Å². The lowest BCUT2D eigenvalue weighted by Crippen LogP contribution is -2.50. The number of ether oxygens (including phenoxy) is 1. The molecule has 0 radical (unpaired) electrons.